The first kappa shape index (κ1) is 12.0. The van der Waals surface area contributed by atoms with E-state index in [-0.39, 0.29) is 0 Å². The molecule has 0 saturated heterocycles. The van der Waals surface area contributed by atoms with Gasteiger partial charge >= 0.3 is 0 Å². The molecule has 1 aliphatic heterocycles. The zero-order valence-corrected chi connectivity index (χ0v) is 12.0. The molecule has 0 aliphatic carbocycles. The monoisotopic (exact) mass is 289 g/mol. The first-order valence-electron chi connectivity index (χ1n) is 7.59. The van der Waals surface area contributed by atoms with Crippen LogP contribution in [0, 0.1) is 0 Å². The highest BCUT2D eigenvalue weighted by atomic mass is 16.3. The van der Waals surface area contributed by atoms with Crippen LogP contribution in [0.2, 0.25) is 0 Å². The van der Waals surface area contributed by atoms with Crippen molar-refractivity contribution in [2.24, 2.45) is 0 Å². The van der Waals surface area contributed by atoms with E-state index in [4.69, 9.17) is 9.40 Å². The summed E-state index contributed by atoms with van der Waals surface area (Å²) in [6, 6.07) is 14.4. The summed E-state index contributed by atoms with van der Waals surface area (Å²) >= 11 is 0. The second kappa shape index (κ2) is 4.45. The Morgan fingerprint density at radius 3 is 2.86 bits per heavy atom. The fourth-order valence-electron chi connectivity index (χ4n) is 3.28. The smallest absolute Gasteiger partial charge is 0.146 e. The van der Waals surface area contributed by atoms with Crippen LogP contribution in [0.15, 0.2) is 46.9 Å². The molecule has 0 atom stereocenters. The van der Waals surface area contributed by atoms with E-state index in [0.717, 1.165) is 52.8 Å². The van der Waals surface area contributed by atoms with Crippen molar-refractivity contribution in [1.82, 2.24) is 15.3 Å². The maximum atomic E-state index is 6.09. The molecule has 0 fully saturated rings. The largest absolute Gasteiger partial charge is 0.455 e. The Morgan fingerprint density at radius 1 is 1.00 bits per heavy atom. The van der Waals surface area contributed by atoms with Gasteiger partial charge in [0.15, 0.2) is 0 Å². The number of rotatable bonds is 1. The summed E-state index contributed by atoms with van der Waals surface area (Å²) in [7, 11) is 0. The van der Waals surface area contributed by atoms with Gasteiger partial charge in [-0.05, 0) is 12.1 Å². The van der Waals surface area contributed by atoms with E-state index in [1.807, 2.05) is 18.2 Å². The fraction of sp³-hybridized carbons (Fsp3) is 0.167. The number of hydrogen-bond acceptors (Lipinski definition) is 3. The minimum atomic E-state index is 0.860. The molecule has 3 heterocycles. The Balaban J connectivity index is 1.79. The van der Waals surface area contributed by atoms with Gasteiger partial charge in [0.1, 0.15) is 17.0 Å². The van der Waals surface area contributed by atoms with Gasteiger partial charge in [0, 0.05) is 30.3 Å². The first-order chi connectivity index (χ1) is 10.9. The summed E-state index contributed by atoms with van der Waals surface area (Å²) in [6.07, 6.45) is 0.974. The van der Waals surface area contributed by atoms with Crippen molar-refractivity contribution in [3.05, 3.63) is 53.9 Å². The van der Waals surface area contributed by atoms with E-state index in [2.05, 4.69) is 34.6 Å². The van der Waals surface area contributed by atoms with Crippen LogP contribution in [-0.4, -0.2) is 16.5 Å². The van der Waals surface area contributed by atoms with Crippen molar-refractivity contribution < 1.29 is 4.42 Å². The lowest BCUT2D eigenvalue weighted by Gasteiger charge is -2.09. The predicted octanol–water partition coefficient (Wildman–Crippen LogP) is 3.62. The number of benzene rings is 2. The molecule has 108 valence electrons. The SMILES string of the molecule is c1ccc2c(c1)oc1c(-c3nc4c([nH]3)CNCC4)cccc12. The van der Waals surface area contributed by atoms with Crippen molar-refractivity contribution in [1.29, 1.82) is 0 Å². The zero-order valence-electron chi connectivity index (χ0n) is 12.0. The molecule has 2 aromatic heterocycles. The van der Waals surface area contributed by atoms with Gasteiger partial charge < -0.3 is 14.7 Å². The highest BCUT2D eigenvalue weighted by molar-refractivity contribution is 6.08. The Bertz CT molecular complexity index is 973. The van der Waals surface area contributed by atoms with Gasteiger partial charge in [-0.2, -0.15) is 0 Å². The van der Waals surface area contributed by atoms with Crippen molar-refractivity contribution in [2.45, 2.75) is 13.0 Å². The number of para-hydroxylation sites is 2. The first-order valence-corrected chi connectivity index (χ1v) is 7.59. The van der Waals surface area contributed by atoms with Gasteiger partial charge in [-0.15, -0.1) is 0 Å². The number of imidazole rings is 1. The van der Waals surface area contributed by atoms with Gasteiger partial charge in [-0.3, -0.25) is 0 Å². The number of nitrogens with zero attached hydrogens (tertiary/aromatic N) is 1. The number of fused-ring (bicyclic) bond motifs is 4. The molecule has 2 aromatic carbocycles. The molecule has 0 bridgehead atoms. The van der Waals surface area contributed by atoms with Crippen LogP contribution in [-0.2, 0) is 13.0 Å². The average Bonchev–Trinajstić information content (AvgIpc) is 3.15. The van der Waals surface area contributed by atoms with Crippen LogP contribution in [0.4, 0.5) is 0 Å². The van der Waals surface area contributed by atoms with E-state index >= 15 is 0 Å². The Hall–Kier alpha value is -2.59. The number of furan rings is 1. The zero-order chi connectivity index (χ0) is 14.5. The molecule has 4 nitrogen and oxygen atoms in total. The molecule has 0 amide bonds. The number of aromatic nitrogens is 2. The van der Waals surface area contributed by atoms with Crippen molar-refractivity contribution in [3.63, 3.8) is 0 Å². The minimum Gasteiger partial charge on any atom is -0.455 e. The van der Waals surface area contributed by atoms with Gasteiger partial charge in [0.2, 0.25) is 0 Å². The van der Waals surface area contributed by atoms with Crippen molar-refractivity contribution in [3.8, 4) is 11.4 Å². The molecule has 4 heteroatoms. The molecule has 4 aromatic rings. The lowest BCUT2D eigenvalue weighted by molar-refractivity contribution is 0.627. The number of hydrogen-bond donors (Lipinski definition) is 2. The Labute approximate surface area is 127 Å². The summed E-state index contributed by atoms with van der Waals surface area (Å²) in [4.78, 5) is 8.24. The predicted molar refractivity (Wildman–Crippen MR) is 86.7 cm³/mol. The molecule has 22 heavy (non-hydrogen) atoms. The van der Waals surface area contributed by atoms with Gasteiger partial charge in [0.25, 0.3) is 0 Å². The van der Waals surface area contributed by atoms with Gasteiger partial charge in [-0.1, -0.05) is 30.3 Å². The quantitative estimate of drug-likeness (QED) is 0.562. The van der Waals surface area contributed by atoms with Gasteiger partial charge in [0.05, 0.1) is 17.0 Å². The van der Waals surface area contributed by atoms with Crippen molar-refractivity contribution >= 4 is 21.9 Å². The van der Waals surface area contributed by atoms with Crippen LogP contribution in [0.5, 0.6) is 0 Å². The fourth-order valence-corrected chi connectivity index (χ4v) is 3.28. The third-order valence-corrected chi connectivity index (χ3v) is 4.36. The summed E-state index contributed by atoms with van der Waals surface area (Å²) < 4.78 is 6.09. The molecule has 1 aliphatic rings. The highest BCUT2D eigenvalue weighted by Crippen LogP contribution is 2.35. The van der Waals surface area contributed by atoms with E-state index < -0.39 is 0 Å². The third kappa shape index (κ3) is 1.64. The molecule has 0 radical (unpaired) electrons. The summed E-state index contributed by atoms with van der Waals surface area (Å²) in [5.74, 6) is 0.901. The Kier molecular flexibility index (Phi) is 2.43. The average molecular weight is 289 g/mol. The van der Waals surface area contributed by atoms with Crippen LogP contribution in [0.25, 0.3) is 33.3 Å². The summed E-state index contributed by atoms with van der Waals surface area (Å²) in [6.45, 7) is 1.85. The molecule has 2 N–H and O–H groups in total. The topological polar surface area (TPSA) is 53.9 Å². The molecule has 5 rings (SSSR count). The van der Waals surface area contributed by atoms with Gasteiger partial charge in [-0.25, -0.2) is 4.98 Å². The van der Waals surface area contributed by atoms with Crippen LogP contribution in [0.1, 0.15) is 11.4 Å². The second-order valence-corrected chi connectivity index (χ2v) is 5.72. The molecular weight excluding hydrogens is 274 g/mol. The maximum Gasteiger partial charge on any atom is 0.146 e. The van der Waals surface area contributed by atoms with Crippen molar-refractivity contribution in [2.75, 3.05) is 6.54 Å². The van der Waals surface area contributed by atoms with Crippen LogP contribution >= 0.6 is 0 Å². The van der Waals surface area contributed by atoms with E-state index in [9.17, 15) is 0 Å². The third-order valence-electron chi connectivity index (χ3n) is 4.36. The normalized spacial score (nSPS) is 14.5. The highest BCUT2D eigenvalue weighted by Gasteiger charge is 2.18. The lowest BCUT2D eigenvalue weighted by atomic mass is 10.1. The van der Waals surface area contributed by atoms with E-state index in [0.29, 0.717) is 0 Å². The molecule has 0 unspecified atom stereocenters. The second-order valence-electron chi connectivity index (χ2n) is 5.72. The van der Waals surface area contributed by atoms with E-state index in [1.165, 1.54) is 11.4 Å². The number of aromatic amines is 1. The van der Waals surface area contributed by atoms with Crippen LogP contribution < -0.4 is 5.32 Å². The number of H-pyrrole nitrogens is 1. The van der Waals surface area contributed by atoms with E-state index in [1.54, 1.807) is 0 Å². The minimum absolute atomic E-state index is 0.860. The van der Waals surface area contributed by atoms with Crippen LogP contribution in [0.3, 0.4) is 0 Å². The number of nitrogens with one attached hydrogen (secondary N) is 2. The standard InChI is InChI=1S/C18H15N3O/c1-2-7-16-11(4-1)12-5-3-6-13(17(12)22-16)18-20-14-8-9-19-10-15(14)21-18/h1-7,19H,8-10H2,(H,20,21). The molecular formula is C18H15N3O. The maximum absolute atomic E-state index is 6.09. The summed E-state index contributed by atoms with van der Waals surface area (Å²) in [5.41, 5.74) is 5.21. The Morgan fingerprint density at radius 2 is 1.91 bits per heavy atom. The lowest BCUT2D eigenvalue weighted by Crippen LogP contribution is -2.23. The molecule has 0 spiro atoms. The molecule has 0 saturated carbocycles. The summed E-state index contributed by atoms with van der Waals surface area (Å²) in [5, 5.41) is 5.66.